The SMILES string of the molecule is CN(C)[C@H]1CCC[C@@H]1O.CN(C)[C@H]1CCC[C@H]1O.CN(C)[C@H]1CCC[C@H]1OC(=O)c1ccc([N+](=O)[O-])cc1.O=C(O)c1ccc([N+](=O)[O-])cc1. The van der Waals surface area contributed by atoms with E-state index in [1.165, 1.54) is 49.2 Å². The van der Waals surface area contributed by atoms with Gasteiger partial charge in [-0.1, -0.05) is 0 Å². The van der Waals surface area contributed by atoms with Crippen LogP contribution in [0.25, 0.3) is 0 Å². The van der Waals surface area contributed by atoms with Gasteiger partial charge in [0.25, 0.3) is 11.4 Å². The Kier molecular flexibility index (Phi) is 17.4. The minimum Gasteiger partial charge on any atom is -0.478 e. The number of ether oxygens (including phenoxy) is 1. The lowest BCUT2D eigenvalue weighted by Crippen LogP contribution is -2.37. The highest BCUT2D eigenvalue weighted by atomic mass is 16.6. The number of hydrogen-bond acceptors (Lipinski definition) is 12. The molecule has 0 aromatic heterocycles. The molecule has 2 aromatic rings. The summed E-state index contributed by atoms with van der Waals surface area (Å²) in [5, 5.41) is 47.8. The molecule has 0 bridgehead atoms. The Morgan fingerprint density at radius 1 is 0.620 bits per heavy atom. The maximum Gasteiger partial charge on any atom is 0.338 e. The number of carbonyl (C=O) groups excluding carboxylic acids is 1. The zero-order valence-electron chi connectivity index (χ0n) is 29.9. The molecule has 3 aliphatic carbocycles. The number of aliphatic hydroxyl groups is 2. The highest BCUT2D eigenvalue weighted by molar-refractivity contribution is 5.89. The largest absolute Gasteiger partial charge is 0.478 e. The maximum atomic E-state index is 12.0. The predicted octanol–water partition coefficient (Wildman–Crippen LogP) is 4.45. The number of carboxylic acids is 1. The summed E-state index contributed by atoms with van der Waals surface area (Å²) in [6, 6.07) is 11.3. The van der Waals surface area contributed by atoms with Crippen molar-refractivity contribution in [1.82, 2.24) is 14.7 Å². The molecule has 6 atom stereocenters. The van der Waals surface area contributed by atoms with E-state index >= 15 is 0 Å². The molecule has 3 fully saturated rings. The van der Waals surface area contributed by atoms with E-state index in [4.69, 9.17) is 9.84 Å². The van der Waals surface area contributed by atoms with Crippen LogP contribution < -0.4 is 0 Å². The first kappa shape index (κ1) is 42.1. The first-order chi connectivity index (χ1) is 23.5. The molecule has 278 valence electrons. The molecule has 2 aromatic carbocycles. The molecule has 0 unspecified atom stereocenters. The molecule has 5 rings (SSSR count). The number of nitro benzene ring substituents is 2. The number of non-ortho nitro benzene ring substituents is 2. The molecule has 50 heavy (non-hydrogen) atoms. The van der Waals surface area contributed by atoms with Crippen molar-refractivity contribution in [2.75, 3.05) is 42.3 Å². The Balaban J connectivity index is 0.000000247. The predicted molar refractivity (Wildman–Crippen MR) is 188 cm³/mol. The molecule has 3 N–H and O–H groups in total. The van der Waals surface area contributed by atoms with Crippen molar-refractivity contribution in [3.63, 3.8) is 0 Å². The van der Waals surface area contributed by atoms with Gasteiger partial charge in [-0.2, -0.15) is 0 Å². The molecule has 15 nitrogen and oxygen atoms in total. The quantitative estimate of drug-likeness (QED) is 0.198. The molecular formula is C35H53N5O10. The van der Waals surface area contributed by atoms with Crippen molar-refractivity contribution in [2.45, 2.75) is 94.2 Å². The standard InChI is InChI=1S/C14H18N2O4.C7H5NO4.2C7H15NO/c1-15(2)12-4-3-5-13(12)20-14(17)10-6-8-11(9-7-10)16(18)19;9-7(10)5-1-3-6(4-2-5)8(11)12;2*1-8(2)6-4-3-5-7(6)9/h6-9,12-13H,3-5H2,1-2H3;1-4H,(H,9,10);2*6-7,9H,3-5H2,1-2H3/t12-,13+;;6-,7+;6-,7-/m0.00/s1. The normalized spacial score (nSPS) is 24.0. The van der Waals surface area contributed by atoms with Crippen LogP contribution in [-0.2, 0) is 4.74 Å². The van der Waals surface area contributed by atoms with Gasteiger partial charge in [-0.15, -0.1) is 0 Å². The molecule has 0 saturated heterocycles. The maximum absolute atomic E-state index is 12.0. The summed E-state index contributed by atoms with van der Waals surface area (Å²) in [4.78, 5) is 48.3. The van der Waals surface area contributed by atoms with E-state index in [-0.39, 0.29) is 41.3 Å². The monoisotopic (exact) mass is 703 g/mol. The van der Waals surface area contributed by atoms with Crippen molar-refractivity contribution in [2.24, 2.45) is 0 Å². The van der Waals surface area contributed by atoms with Crippen LogP contribution in [-0.4, -0.2) is 131 Å². The number of aliphatic hydroxyl groups excluding tert-OH is 2. The zero-order valence-corrected chi connectivity index (χ0v) is 29.9. The van der Waals surface area contributed by atoms with E-state index < -0.39 is 21.8 Å². The summed E-state index contributed by atoms with van der Waals surface area (Å²) in [5.74, 6) is -1.51. The van der Waals surface area contributed by atoms with Gasteiger partial charge in [-0.05, 0) is 124 Å². The van der Waals surface area contributed by atoms with Gasteiger partial charge < -0.3 is 34.8 Å². The summed E-state index contributed by atoms with van der Waals surface area (Å²) in [6.45, 7) is 0. The second-order valence-electron chi connectivity index (χ2n) is 13.4. The van der Waals surface area contributed by atoms with Gasteiger partial charge in [-0.25, -0.2) is 9.59 Å². The molecule has 0 spiro atoms. The molecule has 3 saturated carbocycles. The summed E-state index contributed by atoms with van der Waals surface area (Å²) >= 11 is 0. The van der Waals surface area contributed by atoms with Gasteiger partial charge in [0.2, 0.25) is 0 Å². The lowest BCUT2D eigenvalue weighted by molar-refractivity contribution is -0.385. The van der Waals surface area contributed by atoms with E-state index in [2.05, 4.69) is 14.7 Å². The van der Waals surface area contributed by atoms with Crippen molar-refractivity contribution in [1.29, 1.82) is 0 Å². The van der Waals surface area contributed by atoms with Crippen LogP contribution in [0.2, 0.25) is 0 Å². The number of aromatic carboxylic acids is 1. The smallest absolute Gasteiger partial charge is 0.338 e. The molecular weight excluding hydrogens is 650 g/mol. The molecule has 0 amide bonds. The van der Waals surface area contributed by atoms with Gasteiger partial charge in [0.1, 0.15) is 6.10 Å². The topological polar surface area (TPSA) is 200 Å². The number of likely N-dealkylation sites (N-methyl/N-ethyl adjacent to an activating group) is 3. The fraction of sp³-hybridized carbons (Fsp3) is 0.600. The van der Waals surface area contributed by atoms with Crippen LogP contribution in [0.5, 0.6) is 0 Å². The average Bonchev–Trinajstić information content (AvgIpc) is 3.83. The summed E-state index contributed by atoms with van der Waals surface area (Å²) in [5.41, 5.74) is 0.245. The van der Waals surface area contributed by atoms with Gasteiger partial charge in [0.05, 0.1) is 33.2 Å². The van der Waals surface area contributed by atoms with Crippen molar-refractivity contribution in [3.05, 3.63) is 79.9 Å². The van der Waals surface area contributed by atoms with E-state index in [9.17, 15) is 40.0 Å². The Bertz CT molecular complexity index is 1310. The van der Waals surface area contributed by atoms with Crippen LogP contribution in [0.3, 0.4) is 0 Å². The number of benzene rings is 2. The lowest BCUT2D eigenvalue weighted by atomic mass is 10.2. The number of esters is 1. The number of hydrogen-bond donors (Lipinski definition) is 3. The lowest BCUT2D eigenvalue weighted by Gasteiger charge is -2.25. The number of nitro groups is 2. The third-order valence-electron chi connectivity index (χ3n) is 9.19. The van der Waals surface area contributed by atoms with Crippen LogP contribution in [0.1, 0.15) is 78.5 Å². The second kappa shape index (κ2) is 20.6. The van der Waals surface area contributed by atoms with E-state index in [0.717, 1.165) is 57.1 Å². The molecule has 0 heterocycles. The van der Waals surface area contributed by atoms with Crippen molar-refractivity contribution < 1.29 is 39.5 Å². The van der Waals surface area contributed by atoms with E-state index in [0.29, 0.717) is 17.6 Å². The van der Waals surface area contributed by atoms with Crippen molar-refractivity contribution >= 4 is 23.3 Å². The van der Waals surface area contributed by atoms with Gasteiger partial charge >= 0.3 is 11.9 Å². The highest BCUT2D eigenvalue weighted by Gasteiger charge is 2.32. The van der Waals surface area contributed by atoms with E-state index in [1.54, 1.807) is 0 Å². The summed E-state index contributed by atoms with van der Waals surface area (Å²) < 4.78 is 5.52. The number of carbonyl (C=O) groups is 2. The Morgan fingerprint density at radius 2 is 0.980 bits per heavy atom. The van der Waals surface area contributed by atoms with Crippen LogP contribution in [0, 0.1) is 20.2 Å². The van der Waals surface area contributed by atoms with Crippen molar-refractivity contribution in [3.8, 4) is 0 Å². The Hall–Kier alpha value is -4.02. The van der Waals surface area contributed by atoms with Crippen LogP contribution >= 0.6 is 0 Å². The summed E-state index contributed by atoms with van der Waals surface area (Å²) in [7, 11) is 12.1. The molecule has 3 aliphatic rings. The van der Waals surface area contributed by atoms with Gasteiger partial charge in [0.15, 0.2) is 0 Å². The molecule has 0 radical (unpaired) electrons. The minimum atomic E-state index is -1.09. The molecule has 15 heteroatoms. The Morgan fingerprint density at radius 3 is 1.28 bits per heavy atom. The highest BCUT2D eigenvalue weighted by Crippen LogP contribution is 2.27. The molecule has 0 aliphatic heterocycles. The first-order valence-electron chi connectivity index (χ1n) is 16.8. The Labute approximate surface area is 293 Å². The fourth-order valence-corrected chi connectivity index (χ4v) is 6.33. The van der Waals surface area contributed by atoms with Gasteiger partial charge in [-0.3, -0.25) is 20.2 Å². The van der Waals surface area contributed by atoms with Crippen LogP contribution in [0.15, 0.2) is 48.5 Å². The third-order valence-corrected chi connectivity index (χ3v) is 9.19. The van der Waals surface area contributed by atoms with Gasteiger partial charge in [0, 0.05) is 42.4 Å². The first-order valence-corrected chi connectivity index (χ1v) is 16.8. The third kappa shape index (κ3) is 13.4. The fourth-order valence-electron chi connectivity index (χ4n) is 6.33. The second-order valence-corrected chi connectivity index (χ2v) is 13.4. The van der Waals surface area contributed by atoms with E-state index in [1.807, 2.05) is 42.3 Å². The number of rotatable bonds is 8. The minimum absolute atomic E-state index is 0.0337. The average molecular weight is 704 g/mol. The number of nitrogens with zero attached hydrogens (tertiary/aromatic N) is 5. The summed E-state index contributed by atoms with van der Waals surface area (Å²) in [6.07, 6.45) is 9.35. The van der Waals surface area contributed by atoms with Crippen LogP contribution in [0.4, 0.5) is 11.4 Å². The zero-order chi connectivity index (χ0) is 37.5. The number of carboxylic acid groups (broad SMARTS) is 1.